The Morgan fingerprint density at radius 3 is 2.31 bits per heavy atom. The van der Waals surface area contributed by atoms with Crippen LogP contribution in [0.15, 0.2) is 24.3 Å². The lowest BCUT2D eigenvalue weighted by Crippen LogP contribution is -2.59. The Labute approximate surface area is 321 Å². The van der Waals surface area contributed by atoms with Crippen LogP contribution in [0, 0.1) is 12.7 Å². The molecule has 10 rings (SSSR count). The predicted octanol–water partition coefficient (Wildman–Crippen LogP) is 3.24. The Bertz CT molecular complexity index is 1690. The van der Waals surface area contributed by atoms with Crippen LogP contribution in [0.4, 0.5) is 4.39 Å². The number of halogens is 1. The summed E-state index contributed by atoms with van der Waals surface area (Å²) in [7, 11) is 0. The van der Waals surface area contributed by atoms with Crippen LogP contribution < -0.4 is 10.6 Å². The number of rotatable bonds is 3. The van der Waals surface area contributed by atoms with Crippen LogP contribution in [-0.2, 0) is 25.5 Å². The second-order valence-electron chi connectivity index (χ2n) is 16.4. The Morgan fingerprint density at radius 2 is 1.61 bits per heavy atom. The van der Waals surface area contributed by atoms with Crippen LogP contribution >= 0.6 is 11.3 Å². The number of hydrogen-bond acceptors (Lipinski definition) is 9. The zero-order valence-corrected chi connectivity index (χ0v) is 32.2. The van der Waals surface area contributed by atoms with Gasteiger partial charge in [-0.05, 0) is 89.0 Å². The number of aryl methyl sites for hydroxylation is 1. The van der Waals surface area contributed by atoms with Crippen molar-refractivity contribution in [3.8, 4) is 0 Å². The zero-order valence-electron chi connectivity index (χ0n) is 31.4. The molecule has 1 aromatic carbocycles. The third-order valence-corrected chi connectivity index (χ3v) is 14.2. The number of thiazole rings is 1. The first-order valence-electron chi connectivity index (χ1n) is 20.1. The molecule has 9 heterocycles. The largest absolute Gasteiger partial charge is 0.381 e. The summed E-state index contributed by atoms with van der Waals surface area (Å²) in [6.07, 6.45) is 7.25. The minimum atomic E-state index is -0.805. The molecule has 8 aliphatic heterocycles. The third kappa shape index (κ3) is 8.08. The summed E-state index contributed by atoms with van der Waals surface area (Å²) < 4.78 is 19.2. The monoisotopic (exact) mass is 763 g/mol. The fourth-order valence-electron chi connectivity index (χ4n) is 9.77. The van der Waals surface area contributed by atoms with Crippen LogP contribution in [0.25, 0.3) is 0 Å². The van der Waals surface area contributed by atoms with Gasteiger partial charge in [0.1, 0.15) is 5.82 Å². The first kappa shape index (κ1) is 37.5. The maximum absolute atomic E-state index is 14.3. The molecule has 2 N–H and O–H groups in total. The molecule has 14 heteroatoms. The van der Waals surface area contributed by atoms with Crippen LogP contribution in [0.2, 0.25) is 0 Å². The van der Waals surface area contributed by atoms with Gasteiger partial charge < -0.3 is 30.1 Å². The fraction of sp³-hybridized carbons (Fsp3) is 0.675. The minimum absolute atomic E-state index is 0.00474. The van der Waals surface area contributed by atoms with Gasteiger partial charge in [0, 0.05) is 93.5 Å². The number of aromatic nitrogens is 1. The Kier molecular flexibility index (Phi) is 11.1. The molecular weight excluding hydrogens is 710 g/mol. The molecule has 2 atom stereocenters. The lowest BCUT2D eigenvalue weighted by molar-refractivity contribution is -0.140. The number of hydrogen-bond donors (Lipinski definition) is 2. The number of ether oxygens (including phenoxy) is 1. The highest BCUT2D eigenvalue weighted by atomic mass is 32.1. The van der Waals surface area contributed by atoms with Gasteiger partial charge in [0.05, 0.1) is 35.1 Å². The summed E-state index contributed by atoms with van der Waals surface area (Å²) in [4.78, 5) is 69.9. The van der Waals surface area contributed by atoms with Gasteiger partial charge in [-0.3, -0.25) is 24.1 Å². The molecule has 0 saturated carbocycles. The number of benzene rings is 1. The summed E-state index contributed by atoms with van der Waals surface area (Å²) in [6.45, 7) is 7.74. The lowest BCUT2D eigenvalue weighted by atomic mass is 9.83. The van der Waals surface area contributed by atoms with E-state index >= 15 is 0 Å². The van der Waals surface area contributed by atoms with Gasteiger partial charge in [-0.15, -0.1) is 11.3 Å². The topological polar surface area (TPSA) is 127 Å². The highest BCUT2D eigenvalue weighted by molar-refractivity contribution is 7.11. The number of carbonyl (C=O) groups is 4. The van der Waals surface area contributed by atoms with Gasteiger partial charge in [-0.1, -0.05) is 0 Å². The van der Waals surface area contributed by atoms with Crippen molar-refractivity contribution in [3.63, 3.8) is 0 Å². The lowest BCUT2D eigenvalue weighted by Gasteiger charge is -2.44. The van der Waals surface area contributed by atoms with Crippen LogP contribution in [0.1, 0.15) is 96.1 Å². The summed E-state index contributed by atoms with van der Waals surface area (Å²) in [5.74, 6) is -0.262. The van der Waals surface area contributed by atoms with E-state index in [1.54, 1.807) is 16.2 Å². The van der Waals surface area contributed by atoms with Crippen molar-refractivity contribution in [2.75, 3.05) is 59.0 Å². The van der Waals surface area contributed by atoms with Crippen molar-refractivity contribution in [3.05, 3.63) is 51.2 Å². The molecule has 2 aromatic rings. The third-order valence-electron chi connectivity index (χ3n) is 13.0. The molecule has 0 unspecified atom stereocenters. The Hall–Kier alpha value is -3.46. The summed E-state index contributed by atoms with van der Waals surface area (Å²) >= 11 is 1.65. The van der Waals surface area contributed by atoms with E-state index in [0.29, 0.717) is 63.7 Å². The second-order valence-corrected chi connectivity index (χ2v) is 17.7. The molecule has 1 aromatic heterocycles. The van der Waals surface area contributed by atoms with E-state index in [1.807, 2.05) is 11.8 Å². The summed E-state index contributed by atoms with van der Waals surface area (Å²) in [5, 5.41) is 8.22. The van der Waals surface area contributed by atoms with Gasteiger partial charge in [0.2, 0.25) is 17.7 Å². The molecule has 54 heavy (non-hydrogen) atoms. The molecule has 292 valence electrons. The molecule has 6 bridgehead atoms. The number of piperidine rings is 3. The number of nitrogens with one attached hydrogen (secondary N) is 2. The number of carbonyl (C=O) groups excluding carboxylic acids is 4. The fourth-order valence-corrected chi connectivity index (χ4v) is 10.9. The molecule has 0 radical (unpaired) electrons. The van der Waals surface area contributed by atoms with E-state index in [1.165, 1.54) is 24.3 Å². The van der Waals surface area contributed by atoms with Gasteiger partial charge in [0.25, 0.3) is 5.91 Å². The van der Waals surface area contributed by atoms with Crippen molar-refractivity contribution in [2.24, 2.45) is 0 Å². The van der Waals surface area contributed by atoms with E-state index in [2.05, 4.69) is 20.4 Å². The van der Waals surface area contributed by atoms with Gasteiger partial charge in [-0.2, -0.15) is 0 Å². The van der Waals surface area contributed by atoms with Crippen LogP contribution in [0.5, 0.6) is 0 Å². The molecule has 5 fully saturated rings. The van der Waals surface area contributed by atoms with E-state index in [4.69, 9.17) is 9.72 Å². The normalized spacial score (nSPS) is 26.8. The molecular formula is C40H54FN7O5S. The maximum Gasteiger partial charge on any atom is 0.253 e. The summed E-state index contributed by atoms with van der Waals surface area (Å²) in [6, 6.07) is 6.24. The quantitative estimate of drug-likeness (QED) is 0.489. The van der Waals surface area contributed by atoms with E-state index in [-0.39, 0.29) is 60.5 Å². The van der Waals surface area contributed by atoms with Crippen molar-refractivity contribution in [2.45, 2.75) is 113 Å². The number of amides is 4. The molecule has 5 saturated heterocycles. The first-order valence-corrected chi connectivity index (χ1v) is 20.9. The van der Waals surface area contributed by atoms with Crippen LogP contribution in [-0.4, -0.2) is 137 Å². The SMILES string of the molecule is Cc1sc2nc1CC(=O)NC1(CCN(C(=O)c3ccc(F)cc3)CC1)CC(=O)N1CCC(CC1)N1C[C@@H](NC3CCOCC3)C[C@H]1C(=O)N1CCC2CC1. The first-order chi connectivity index (χ1) is 26.1. The highest BCUT2D eigenvalue weighted by Crippen LogP contribution is 2.36. The van der Waals surface area contributed by atoms with Crippen molar-refractivity contribution >= 4 is 35.0 Å². The van der Waals surface area contributed by atoms with E-state index in [9.17, 15) is 23.6 Å². The maximum atomic E-state index is 14.3. The van der Waals surface area contributed by atoms with Gasteiger partial charge in [-0.25, -0.2) is 9.37 Å². The molecule has 1 spiro atoms. The number of likely N-dealkylation sites (tertiary alicyclic amines) is 1. The van der Waals surface area contributed by atoms with Crippen molar-refractivity contribution in [1.29, 1.82) is 0 Å². The van der Waals surface area contributed by atoms with Crippen molar-refractivity contribution < 1.29 is 28.3 Å². The van der Waals surface area contributed by atoms with Crippen molar-refractivity contribution in [1.82, 2.24) is 35.2 Å². The molecule has 0 aliphatic carbocycles. The molecule has 8 aliphatic rings. The van der Waals surface area contributed by atoms with Gasteiger partial charge in [0.15, 0.2) is 0 Å². The minimum Gasteiger partial charge on any atom is -0.381 e. The number of nitrogens with zero attached hydrogens (tertiary/aromatic N) is 5. The summed E-state index contributed by atoms with van der Waals surface area (Å²) in [5.41, 5.74) is 0.373. The second kappa shape index (κ2) is 16.0. The molecule has 4 amide bonds. The smallest absolute Gasteiger partial charge is 0.253 e. The van der Waals surface area contributed by atoms with Crippen LogP contribution in [0.3, 0.4) is 0 Å². The van der Waals surface area contributed by atoms with E-state index < -0.39 is 11.4 Å². The highest BCUT2D eigenvalue weighted by Gasteiger charge is 2.45. The Morgan fingerprint density at radius 1 is 0.926 bits per heavy atom. The Balaban J connectivity index is 1.02. The van der Waals surface area contributed by atoms with Gasteiger partial charge >= 0.3 is 0 Å². The van der Waals surface area contributed by atoms with E-state index in [0.717, 1.165) is 80.3 Å². The molecule has 12 nitrogen and oxygen atoms in total. The average molecular weight is 764 g/mol. The number of fused-ring (bicyclic) bond motifs is 2. The predicted molar refractivity (Wildman–Crippen MR) is 202 cm³/mol. The average Bonchev–Trinajstić information content (AvgIpc) is 3.77. The standard InChI is InChI=1S/C40H54FN7O5S/c1-26-33-23-35(49)44-40(12-18-47(19-13-40)38(51)28-2-4-29(41)5-3-28)24-36(50)45-16-8-32(9-17-45)48-25-31(42-30-10-20-53-21-11-30)22-34(48)39(52)46-14-6-27(7-15-46)37(43-33)54-26/h2-5,27,30-32,34,42H,6-25H2,1H3,(H,44,49)/t31-,34-/m0/s1. The zero-order chi connectivity index (χ0) is 37.4.